The third-order valence-corrected chi connectivity index (χ3v) is 2.86. The van der Waals surface area contributed by atoms with E-state index in [0.29, 0.717) is 10.8 Å². The highest BCUT2D eigenvalue weighted by Crippen LogP contribution is 2.29. The van der Waals surface area contributed by atoms with Gasteiger partial charge in [0.05, 0.1) is 0 Å². The predicted octanol–water partition coefficient (Wildman–Crippen LogP) is 4.43. The summed E-state index contributed by atoms with van der Waals surface area (Å²) in [4.78, 5) is 0. The smallest absolute Gasteiger partial charge is 0.133 e. The van der Waals surface area contributed by atoms with Gasteiger partial charge in [-0.05, 0) is 24.6 Å². The summed E-state index contributed by atoms with van der Waals surface area (Å²) in [5.74, 6) is -0.942. The number of rotatable bonds is 3. The van der Waals surface area contributed by atoms with E-state index in [1.165, 1.54) is 0 Å². The van der Waals surface area contributed by atoms with E-state index >= 15 is 0 Å². The van der Waals surface area contributed by atoms with E-state index in [-0.39, 0.29) is 11.8 Å². The largest absolute Gasteiger partial charge is 0.457 e. The van der Waals surface area contributed by atoms with Crippen LogP contribution >= 0.6 is 11.6 Å². The zero-order valence-electron chi connectivity index (χ0n) is 10.2. The van der Waals surface area contributed by atoms with Crippen LogP contribution in [-0.2, 0) is 0 Å². The molecule has 0 radical (unpaired) electrons. The zero-order valence-corrected chi connectivity index (χ0v) is 10.9. The second kappa shape index (κ2) is 5.55. The number of ether oxygens (including phenoxy) is 1. The molecular formula is C14H12ClF2NO. The van der Waals surface area contributed by atoms with Crippen molar-refractivity contribution < 1.29 is 13.5 Å². The first-order valence-corrected chi connectivity index (χ1v) is 6.02. The maximum atomic E-state index is 13.0. The number of halogens is 3. The average Bonchev–Trinajstić information content (AvgIpc) is 2.26. The lowest BCUT2D eigenvalue weighted by molar-refractivity contribution is 0.468. The topological polar surface area (TPSA) is 35.2 Å². The summed E-state index contributed by atoms with van der Waals surface area (Å²) in [5, 5.41) is 0.448. The fourth-order valence-electron chi connectivity index (χ4n) is 1.66. The standard InChI is InChI=1S/C14H12ClF2NO/c1-8(18)13-3-2-11(7-14(13)15)19-12-5-9(16)4-10(17)6-12/h2-8H,18H2,1H3. The highest BCUT2D eigenvalue weighted by Gasteiger charge is 2.08. The lowest BCUT2D eigenvalue weighted by Gasteiger charge is -2.11. The Hall–Kier alpha value is -1.65. The minimum absolute atomic E-state index is 0.0714. The van der Waals surface area contributed by atoms with Gasteiger partial charge in [-0.15, -0.1) is 0 Å². The second-order valence-electron chi connectivity index (χ2n) is 4.18. The van der Waals surface area contributed by atoms with Crippen molar-refractivity contribution in [2.45, 2.75) is 13.0 Å². The van der Waals surface area contributed by atoms with E-state index in [9.17, 15) is 8.78 Å². The predicted molar refractivity (Wildman–Crippen MR) is 70.5 cm³/mol. The molecule has 2 aromatic carbocycles. The van der Waals surface area contributed by atoms with Gasteiger partial charge in [-0.2, -0.15) is 0 Å². The molecule has 0 spiro atoms. The second-order valence-corrected chi connectivity index (χ2v) is 4.59. The molecule has 0 aliphatic carbocycles. The van der Waals surface area contributed by atoms with Crippen molar-refractivity contribution in [1.29, 1.82) is 0 Å². The zero-order chi connectivity index (χ0) is 14.0. The summed E-state index contributed by atoms with van der Waals surface area (Å²) in [5.41, 5.74) is 6.51. The number of hydrogen-bond acceptors (Lipinski definition) is 2. The van der Waals surface area contributed by atoms with E-state index < -0.39 is 11.6 Å². The van der Waals surface area contributed by atoms with Crippen molar-refractivity contribution in [3.63, 3.8) is 0 Å². The van der Waals surface area contributed by atoms with Gasteiger partial charge in [0.15, 0.2) is 0 Å². The molecule has 100 valence electrons. The van der Waals surface area contributed by atoms with E-state index in [4.69, 9.17) is 22.1 Å². The van der Waals surface area contributed by atoms with Crippen LogP contribution in [0.1, 0.15) is 18.5 Å². The van der Waals surface area contributed by atoms with Gasteiger partial charge in [0, 0.05) is 29.3 Å². The van der Waals surface area contributed by atoms with E-state index in [1.54, 1.807) is 18.2 Å². The molecule has 0 aliphatic heterocycles. The van der Waals surface area contributed by atoms with E-state index in [1.807, 2.05) is 6.92 Å². The molecule has 2 nitrogen and oxygen atoms in total. The maximum Gasteiger partial charge on any atom is 0.133 e. The molecule has 0 saturated heterocycles. The van der Waals surface area contributed by atoms with Crippen molar-refractivity contribution in [2.24, 2.45) is 5.73 Å². The molecule has 0 heterocycles. The molecule has 5 heteroatoms. The first kappa shape index (κ1) is 13.8. The third kappa shape index (κ3) is 3.43. The molecule has 0 aliphatic rings. The van der Waals surface area contributed by atoms with Crippen molar-refractivity contribution in [1.82, 2.24) is 0 Å². The molecule has 0 amide bonds. The summed E-state index contributed by atoms with van der Waals surface area (Å²) >= 11 is 6.05. The van der Waals surface area contributed by atoms with Crippen LogP contribution in [0.3, 0.4) is 0 Å². The molecule has 19 heavy (non-hydrogen) atoms. The summed E-state index contributed by atoms with van der Waals surface area (Å²) in [6.07, 6.45) is 0. The SMILES string of the molecule is CC(N)c1ccc(Oc2cc(F)cc(F)c2)cc1Cl. The van der Waals surface area contributed by atoms with Gasteiger partial charge in [0.25, 0.3) is 0 Å². The lowest BCUT2D eigenvalue weighted by atomic mass is 10.1. The van der Waals surface area contributed by atoms with Gasteiger partial charge in [-0.1, -0.05) is 17.7 Å². The maximum absolute atomic E-state index is 13.0. The normalized spacial score (nSPS) is 12.3. The third-order valence-electron chi connectivity index (χ3n) is 2.53. The van der Waals surface area contributed by atoms with Gasteiger partial charge in [0.1, 0.15) is 23.1 Å². The Morgan fingerprint density at radius 2 is 1.68 bits per heavy atom. The minimum Gasteiger partial charge on any atom is -0.457 e. The fourth-order valence-corrected chi connectivity index (χ4v) is 2.01. The van der Waals surface area contributed by atoms with Crippen LogP contribution < -0.4 is 10.5 Å². The van der Waals surface area contributed by atoms with Crippen LogP contribution in [0.25, 0.3) is 0 Å². The Labute approximate surface area is 114 Å². The molecule has 2 aromatic rings. The molecule has 0 fully saturated rings. The van der Waals surface area contributed by atoms with Crippen molar-refractivity contribution in [3.05, 3.63) is 58.6 Å². The van der Waals surface area contributed by atoms with Crippen LogP contribution in [0.5, 0.6) is 11.5 Å². The molecule has 0 bridgehead atoms. The minimum atomic E-state index is -0.701. The van der Waals surface area contributed by atoms with Crippen LogP contribution in [0, 0.1) is 11.6 Å². The van der Waals surface area contributed by atoms with Crippen LogP contribution in [0.15, 0.2) is 36.4 Å². The summed E-state index contributed by atoms with van der Waals surface area (Å²) < 4.78 is 31.4. The molecule has 0 aromatic heterocycles. The quantitative estimate of drug-likeness (QED) is 0.904. The van der Waals surface area contributed by atoms with Gasteiger partial charge in [-0.25, -0.2) is 8.78 Å². The van der Waals surface area contributed by atoms with Crippen LogP contribution in [-0.4, -0.2) is 0 Å². The highest BCUT2D eigenvalue weighted by molar-refractivity contribution is 6.31. The molecule has 2 rings (SSSR count). The average molecular weight is 284 g/mol. The Bertz CT molecular complexity index is 582. The van der Waals surface area contributed by atoms with Gasteiger partial charge in [0.2, 0.25) is 0 Å². The molecule has 1 unspecified atom stereocenters. The lowest BCUT2D eigenvalue weighted by Crippen LogP contribution is -2.05. The highest BCUT2D eigenvalue weighted by atomic mass is 35.5. The van der Waals surface area contributed by atoms with Crippen LogP contribution in [0.2, 0.25) is 5.02 Å². The van der Waals surface area contributed by atoms with Gasteiger partial charge in [-0.3, -0.25) is 0 Å². The van der Waals surface area contributed by atoms with E-state index in [2.05, 4.69) is 0 Å². The molecular weight excluding hydrogens is 272 g/mol. The van der Waals surface area contributed by atoms with Crippen molar-refractivity contribution in [3.8, 4) is 11.5 Å². The Kier molecular flexibility index (Phi) is 4.02. The Morgan fingerprint density at radius 1 is 1.05 bits per heavy atom. The van der Waals surface area contributed by atoms with Gasteiger partial charge < -0.3 is 10.5 Å². The summed E-state index contributed by atoms with van der Waals surface area (Å²) in [6.45, 7) is 1.81. The van der Waals surface area contributed by atoms with Crippen LogP contribution in [0.4, 0.5) is 8.78 Å². The first-order valence-electron chi connectivity index (χ1n) is 5.64. The van der Waals surface area contributed by atoms with Gasteiger partial charge >= 0.3 is 0 Å². The summed E-state index contributed by atoms with van der Waals surface area (Å²) in [6, 6.07) is 7.69. The molecule has 1 atom stereocenters. The number of benzene rings is 2. The molecule has 2 N–H and O–H groups in total. The first-order chi connectivity index (χ1) is 8.95. The monoisotopic (exact) mass is 283 g/mol. The van der Waals surface area contributed by atoms with Crippen molar-refractivity contribution >= 4 is 11.6 Å². The fraction of sp³-hybridized carbons (Fsp3) is 0.143. The Morgan fingerprint density at radius 3 is 2.21 bits per heavy atom. The number of nitrogens with two attached hydrogens (primary N) is 1. The van der Waals surface area contributed by atoms with E-state index in [0.717, 1.165) is 23.8 Å². The summed E-state index contributed by atoms with van der Waals surface area (Å²) in [7, 11) is 0. The molecule has 0 saturated carbocycles. The Balaban J connectivity index is 2.26. The van der Waals surface area contributed by atoms with Crippen molar-refractivity contribution in [2.75, 3.05) is 0 Å². The number of hydrogen-bond donors (Lipinski definition) is 1.